The maximum Gasteiger partial charge on any atom is 0.387 e. The monoisotopic (exact) mass is 366 g/mol. The van der Waals surface area contributed by atoms with E-state index in [1.54, 1.807) is 24.3 Å². The second-order valence-electron chi connectivity index (χ2n) is 5.00. The normalized spacial score (nSPS) is 11.0. The predicted octanol–water partition coefficient (Wildman–Crippen LogP) is 3.69. The maximum atomic E-state index is 13.2. The van der Waals surface area contributed by atoms with Gasteiger partial charge in [-0.05, 0) is 42.0 Å². The Morgan fingerprint density at radius 2 is 1.88 bits per heavy atom. The fraction of sp³-hybridized carbons (Fsp3) is 0.125. The van der Waals surface area contributed by atoms with Gasteiger partial charge in [0.1, 0.15) is 11.6 Å². The maximum absolute atomic E-state index is 13.2. The van der Waals surface area contributed by atoms with Gasteiger partial charge in [-0.15, -0.1) is 10.2 Å². The Kier molecular flexibility index (Phi) is 5.13. The van der Waals surface area contributed by atoms with Gasteiger partial charge in [-0.1, -0.05) is 23.9 Å². The third-order valence-corrected chi connectivity index (χ3v) is 4.27. The molecule has 0 radical (unpaired) electrons. The van der Waals surface area contributed by atoms with Crippen LogP contribution < -0.4 is 10.6 Å². The minimum absolute atomic E-state index is 0.0440. The van der Waals surface area contributed by atoms with Gasteiger partial charge >= 0.3 is 6.61 Å². The number of aromatic nitrogens is 3. The lowest BCUT2D eigenvalue weighted by atomic mass is 10.2. The van der Waals surface area contributed by atoms with Crippen LogP contribution in [0.3, 0.4) is 0 Å². The molecule has 0 saturated carbocycles. The number of rotatable bonds is 6. The highest BCUT2D eigenvalue weighted by Gasteiger charge is 2.13. The largest absolute Gasteiger partial charge is 0.435 e. The van der Waals surface area contributed by atoms with Crippen molar-refractivity contribution in [3.05, 3.63) is 59.9 Å². The fourth-order valence-electron chi connectivity index (χ4n) is 2.13. The van der Waals surface area contributed by atoms with Crippen molar-refractivity contribution in [3.63, 3.8) is 0 Å². The van der Waals surface area contributed by atoms with Crippen LogP contribution in [-0.2, 0) is 5.75 Å². The Bertz CT molecular complexity index is 855. The average Bonchev–Trinajstić information content (AvgIpc) is 2.94. The Morgan fingerprint density at radius 3 is 2.56 bits per heavy atom. The molecular formula is C16H13F3N4OS. The van der Waals surface area contributed by atoms with E-state index in [-0.39, 0.29) is 11.6 Å². The van der Waals surface area contributed by atoms with E-state index in [0.29, 0.717) is 22.3 Å². The number of hydrogen-bond acceptors (Lipinski definition) is 5. The van der Waals surface area contributed by atoms with Crippen molar-refractivity contribution in [2.75, 3.05) is 5.84 Å². The summed E-state index contributed by atoms with van der Waals surface area (Å²) in [6.07, 6.45) is 0. The number of benzene rings is 2. The van der Waals surface area contributed by atoms with Crippen molar-refractivity contribution in [1.82, 2.24) is 14.9 Å². The van der Waals surface area contributed by atoms with Gasteiger partial charge in [0.2, 0.25) is 5.16 Å². The molecule has 0 spiro atoms. The van der Waals surface area contributed by atoms with Crippen LogP contribution in [-0.4, -0.2) is 21.5 Å². The molecule has 1 heterocycles. The first kappa shape index (κ1) is 17.2. The summed E-state index contributed by atoms with van der Waals surface area (Å²) in [6.45, 7) is -2.88. The molecule has 25 heavy (non-hydrogen) atoms. The summed E-state index contributed by atoms with van der Waals surface area (Å²) >= 11 is 1.31. The molecule has 2 N–H and O–H groups in total. The number of halogens is 3. The highest BCUT2D eigenvalue weighted by Crippen LogP contribution is 2.26. The first-order chi connectivity index (χ1) is 12.0. The van der Waals surface area contributed by atoms with Gasteiger partial charge in [0.05, 0.1) is 0 Å². The van der Waals surface area contributed by atoms with Crippen LogP contribution in [0, 0.1) is 5.82 Å². The van der Waals surface area contributed by atoms with Crippen molar-refractivity contribution in [3.8, 4) is 17.1 Å². The lowest BCUT2D eigenvalue weighted by Gasteiger charge is -2.06. The van der Waals surface area contributed by atoms with E-state index in [0.717, 1.165) is 5.56 Å². The molecule has 0 aliphatic rings. The Morgan fingerprint density at radius 1 is 1.12 bits per heavy atom. The highest BCUT2D eigenvalue weighted by molar-refractivity contribution is 7.98. The molecule has 0 atom stereocenters. The Balaban J connectivity index is 1.72. The predicted molar refractivity (Wildman–Crippen MR) is 88.2 cm³/mol. The summed E-state index contributed by atoms with van der Waals surface area (Å²) in [7, 11) is 0. The number of nitrogens with zero attached hydrogens (tertiary/aromatic N) is 3. The van der Waals surface area contributed by atoms with E-state index >= 15 is 0 Å². The minimum atomic E-state index is -2.88. The molecule has 0 saturated heterocycles. The van der Waals surface area contributed by atoms with Crippen LogP contribution in [0.25, 0.3) is 11.4 Å². The number of ether oxygens (including phenoxy) is 1. The summed E-state index contributed by atoms with van der Waals surface area (Å²) in [4.78, 5) is 0. The number of nitrogens with two attached hydrogens (primary N) is 1. The van der Waals surface area contributed by atoms with Gasteiger partial charge in [-0.25, -0.2) is 9.07 Å². The van der Waals surface area contributed by atoms with Gasteiger partial charge in [0.15, 0.2) is 5.82 Å². The number of nitrogen functional groups attached to an aromatic ring is 1. The van der Waals surface area contributed by atoms with E-state index in [1.807, 2.05) is 0 Å². The lowest BCUT2D eigenvalue weighted by Crippen LogP contribution is -2.11. The highest BCUT2D eigenvalue weighted by atomic mass is 32.2. The summed E-state index contributed by atoms with van der Waals surface area (Å²) < 4.78 is 43.1. The summed E-state index contributed by atoms with van der Waals surface area (Å²) in [5.74, 6) is 6.59. The molecule has 0 unspecified atom stereocenters. The summed E-state index contributed by atoms with van der Waals surface area (Å²) in [6, 6.07) is 12.2. The lowest BCUT2D eigenvalue weighted by molar-refractivity contribution is -0.0498. The quantitative estimate of drug-likeness (QED) is 0.532. The molecule has 0 amide bonds. The number of alkyl halides is 2. The zero-order chi connectivity index (χ0) is 17.8. The van der Waals surface area contributed by atoms with E-state index in [9.17, 15) is 13.2 Å². The van der Waals surface area contributed by atoms with Crippen molar-refractivity contribution in [2.24, 2.45) is 0 Å². The SMILES string of the molecule is Nn1c(SCc2cccc(F)c2)nnc1-c1ccc(OC(F)F)cc1. The van der Waals surface area contributed by atoms with E-state index in [1.165, 1.54) is 40.7 Å². The first-order valence-electron chi connectivity index (χ1n) is 7.16. The van der Waals surface area contributed by atoms with Crippen LogP contribution in [0.2, 0.25) is 0 Å². The Hall–Kier alpha value is -2.68. The van der Waals surface area contributed by atoms with Gasteiger partial charge in [0, 0.05) is 11.3 Å². The second kappa shape index (κ2) is 7.47. The molecule has 5 nitrogen and oxygen atoms in total. The molecule has 0 bridgehead atoms. The van der Waals surface area contributed by atoms with Crippen molar-refractivity contribution >= 4 is 11.8 Å². The number of thioether (sulfide) groups is 1. The van der Waals surface area contributed by atoms with Gasteiger partial charge in [-0.3, -0.25) is 0 Å². The molecule has 3 aromatic rings. The summed E-state index contributed by atoms with van der Waals surface area (Å²) in [5.41, 5.74) is 1.40. The zero-order valence-corrected chi connectivity index (χ0v) is 13.6. The van der Waals surface area contributed by atoms with Crippen LogP contribution in [0.4, 0.5) is 13.2 Å². The van der Waals surface area contributed by atoms with Crippen molar-refractivity contribution < 1.29 is 17.9 Å². The van der Waals surface area contributed by atoms with Crippen LogP contribution in [0.1, 0.15) is 5.56 Å². The third-order valence-electron chi connectivity index (χ3n) is 3.26. The van der Waals surface area contributed by atoms with Crippen molar-refractivity contribution in [1.29, 1.82) is 0 Å². The molecule has 1 aromatic heterocycles. The standard InChI is InChI=1S/C16H13F3N4OS/c17-12-3-1-2-10(8-12)9-25-16-22-21-14(23(16)20)11-4-6-13(7-5-11)24-15(18)19/h1-8,15H,9,20H2. The van der Waals surface area contributed by atoms with Crippen molar-refractivity contribution in [2.45, 2.75) is 17.5 Å². The third kappa shape index (κ3) is 4.24. The number of hydrogen-bond donors (Lipinski definition) is 1. The fourth-order valence-corrected chi connectivity index (χ4v) is 2.93. The van der Waals surface area contributed by atoms with Crippen LogP contribution in [0.15, 0.2) is 53.7 Å². The topological polar surface area (TPSA) is 66.0 Å². The molecule has 3 rings (SSSR count). The zero-order valence-electron chi connectivity index (χ0n) is 12.8. The Labute approximate surface area is 145 Å². The molecule has 9 heteroatoms. The molecule has 0 aliphatic carbocycles. The van der Waals surface area contributed by atoms with E-state index in [2.05, 4.69) is 14.9 Å². The second-order valence-corrected chi connectivity index (χ2v) is 5.94. The van der Waals surface area contributed by atoms with Gasteiger partial charge < -0.3 is 10.6 Å². The van der Waals surface area contributed by atoms with Crippen LogP contribution >= 0.6 is 11.8 Å². The molecule has 2 aromatic carbocycles. The van der Waals surface area contributed by atoms with Gasteiger partial charge in [0.25, 0.3) is 0 Å². The van der Waals surface area contributed by atoms with E-state index in [4.69, 9.17) is 5.84 Å². The summed E-state index contributed by atoms with van der Waals surface area (Å²) in [5, 5.41) is 8.47. The molecule has 0 fully saturated rings. The minimum Gasteiger partial charge on any atom is -0.435 e. The first-order valence-corrected chi connectivity index (χ1v) is 8.14. The molecule has 130 valence electrons. The smallest absolute Gasteiger partial charge is 0.387 e. The van der Waals surface area contributed by atoms with Gasteiger partial charge in [-0.2, -0.15) is 8.78 Å². The molecular weight excluding hydrogens is 353 g/mol. The van der Waals surface area contributed by atoms with E-state index < -0.39 is 6.61 Å². The molecule has 0 aliphatic heterocycles. The average molecular weight is 366 g/mol. The van der Waals surface area contributed by atoms with Crippen LogP contribution in [0.5, 0.6) is 5.75 Å².